The lowest BCUT2D eigenvalue weighted by atomic mass is 9.88. The van der Waals surface area contributed by atoms with Crippen LogP contribution in [0.15, 0.2) is 29.2 Å². The second-order valence-electron chi connectivity index (χ2n) is 6.16. The van der Waals surface area contributed by atoms with Crippen molar-refractivity contribution in [3.05, 3.63) is 29.8 Å². The number of thioether (sulfide) groups is 1. The first kappa shape index (κ1) is 14.6. The van der Waals surface area contributed by atoms with Crippen molar-refractivity contribution < 1.29 is 14.7 Å². The minimum absolute atomic E-state index is 0.235. The molecule has 0 radical (unpaired) electrons. The molecule has 1 aromatic carbocycles. The summed E-state index contributed by atoms with van der Waals surface area (Å²) in [7, 11) is 0. The quantitative estimate of drug-likeness (QED) is 0.867. The van der Waals surface area contributed by atoms with Gasteiger partial charge in [-0.1, -0.05) is 12.1 Å². The molecule has 0 saturated heterocycles. The first-order chi connectivity index (χ1) is 10.1. The van der Waals surface area contributed by atoms with Gasteiger partial charge in [-0.2, -0.15) is 0 Å². The summed E-state index contributed by atoms with van der Waals surface area (Å²) in [6.07, 6.45) is 5.18. The second kappa shape index (κ2) is 6.22. The number of carboxylic acids is 1. The van der Waals surface area contributed by atoms with Crippen molar-refractivity contribution in [2.75, 3.05) is 0 Å². The number of carbonyl (C=O) groups excluding carboxylic acids is 1. The lowest BCUT2D eigenvalue weighted by molar-refractivity contribution is -0.139. The van der Waals surface area contributed by atoms with Crippen LogP contribution in [0.25, 0.3) is 0 Å². The second-order valence-corrected chi connectivity index (χ2v) is 7.53. The number of carbonyl (C=O) groups is 2. The van der Waals surface area contributed by atoms with Gasteiger partial charge in [0.1, 0.15) is 5.78 Å². The number of hydrogen-bond acceptors (Lipinski definition) is 3. The predicted octanol–water partition coefficient (Wildman–Crippen LogP) is 3.87. The maximum absolute atomic E-state index is 11.6. The van der Waals surface area contributed by atoms with Crippen molar-refractivity contribution in [3.63, 3.8) is 0 Å². The Morgan fingerprint density at radius 1 is 1.24 bits per heavy atom. The fourth-order valence-corrected chi connectivity index (χ4v) is 4.01. The summed E-state index contributed by atoms with van der Waals surface area (Å²) in [5.74, 6) is -0.753. The number of aliphatic carboxylic acids is 1. The van der Waals surface area contributed by atoms with Crippen molar-refractivity contribution in [2.45, 2.75) is 54.6 Å². The summed E-state index contributed by atoms with van der Waals surface area (Å²) in [6, 6.07) is 7.96. The molecule has 0 bridgehead atoms. The first-order valence-electron chi connectivity index (χ1n) is 7.63. The summed E-state index contributed by atoms with van der Waals surface area (Å²) in [5.41, 5.74) is 0.863. The van der Waals surface area contributed by atoms with Gasteiger partial charge in [-0.3, -0.25) is 9.59 Å². The molecule has 0 heterocycles. The van der Waals surface area contributed by atoms with Crippen molar-refractivity contribution in [1.82, 2.24) is 0 Å². The van der Waals surface area contributed by atoms with Gasteiger partial charge < -0.3 is 5.11 Å². The molecule has 0 spiro atoms. The van der Waals surface area contributed by atoms with Gasteiger partial charge in [0.05, 0.1) is 5.92 Å². The zero-order valence-electron chi connectivity index (χ0n) is 12.0. The highest BCUT2D eigenvalue weighted by Gasteiger charge is 2.29. The molecule has 2 aliphatic carbocycles. The molecule has 3 nitrogen and oxygen atoms in total. The van der Waals surface area contributed by atoms with E-state index in [2.05, 4.69) is 0 Å². The van der Waals surface area contributed by atoms with Crippen molar-refractivity contribution in [2.24, 2.45) is 5.92 Å². The molecule has 0 aliphatic heterocycles. The van der Waals surface area contributed by atoms with Gasteiger partial charge in [-0.15, -0.1) is 11.8 Å². The minimum Gasteiger partial charge on any atom is -0.481 e. The Morgan fingerprint density at radius 2 is 1.95 bits per heavy atom. The maximum atomic E-state index is 11.6. The summed E-state index contributed by atoms with van der Waals surface area (Å²) >= 11 is 1.88. The molecule has 3 rings (SSSR count). The molecule has 2 atom stereocenters. The van der Waals surface area contributed by atoms with Crippen LogP contribution in [0.2, 0.25) is 0 Å². The fraction of sp³-hybridized carbons (Fsp3) is 0.529. The number of benzene rings is 1. The van der Waals surface area contributed by atoms with E-state index < -0.39 is 11.9 Å². The van der Waals surface area contributed by atoms with Crippen LogP contribution < -0.4 is 0 Å². The largest absolute Gasteiger partial charge is 0.481 e. The predicted molar refractivity (Wildman–Crippen MR) is 82.7 cm³/mol. The van der Waals surface area contributed by atoms with Gasteiger partial charge in [0.15, 0.2) is 0 Å². The zero-order valence-corrected chi connectivity index (χ0v) is 12.8. The SMILES string of the molecule is O=C1CC[C@H](C[C@@H](C(=O)O)c2ccc(SC3CC3)cc2)C1. The Hall–Kier alpha value is -1.29. The van der Waals surface area contributed by atoms with Crippen LogP contribution in [0.3, 0.4) is 0 Å². The molecule has 112 valence electrons. The van der Waals surface area contributed by atoms with Crippen molar-refractivity contribution >= 4 is 23.5 Å². The van der Waals surface area contributed by atoms with E-state index in [1.165, 1.54) is 17.7 Å². The Balaban J connectivity index is 1.67. The minimum atomic E-state index is -0.781. The Morgan fingerprint density at radius 3 is 2.48 bits per heavy atom. The lowest BCUT2D eigenvalue weighted by Gasteiger charge is -2.17. The monoisotopic (exact) mass is 304 g/mol. The first-order valence-corrected chi connectivity index (χ1v) is 8.51. The molecule has 0 unspecified atom stereocenters. The summed E-state index contributed by atoms with van der Waals surface area (Å²) in [4.78, 5) is 24.1. The summed E-state index contributed by atoms with van der Waals surface area (Å²) < 4.78 is 0. The van der Waals surface area contributed by atoms with Crippen LogP contribution in [0.4, 0.5) is 0 Å². The van der Waals surface area contributed by atoms with E-state index in [4.69, 9.17) is 0 Å². The van der Waals surface area contributed by atoms with E-state index in [9.17, 15) is 14.7 Å². The average Bonchev–Trinajstić information content (AvgIpc) is 3.17. The highest BCUT2D eigenvalue weighted by molar-refractivity contribution is 8.00. The summed E-state index contributed by atoms with van der Waals surface area (Å²) in [5, 5.41) is 10.2. The van der Waals surface area contributed by atoms with Crippen molar-refractivity contribution in [1.29, 1.82) is 0 Å². The molecule has 1 N–H and O–H groups in total. The Labute approximate surface area is 129 Å². The standard InChI is InChI=1S/C17H20O3S/c18-13-4-1-11(9-13)10-16(17(19)20)12-2-5-14(6-3-12)21-15-7-8-15/h2-3,5-6,11,15-16H,1,4,7-10H2,(H,19,20)/t11-,16+/m0/s1. The molecule has 0 aromatic heterocycles. The Kier molecular flexibility index (Phi) is 4.34. The van der Waals surface area contributed by atoms with Gasteiger partial charge >= 0.3 is 5.97 Å². The highest BCUT2D eigenvalue weighted by atomic mass is 32.2. The van der Waals surface area contributed by atoms with Crippen LogP contribution in [-0.2, 0) is 9.59 Å². The third-order valence-corrected chi connectivity index (χ3v) is 5.67. The van der Waals surface area contributed by atoms with E-state index in [0.717, 1.165) is 17.2 Å². The van der Waals surface area contributed by atoms with Crippen LogP contribution in [0, 0.1) is 5.92 Å². The van der Waals surface area contributed by atoms with E-state index in [1.54, 1.807) is 0 Å². The number of hydrogen-bond donors (Lipinski definition) is 1. The van der Waals surface area contributed by atoms with Gasteiger partial charge in [0.25, 0.3) is 0 Å². The number of Topliss-reactive ketones (excluding diaryl/α,β-unsaturated/α-hetero) is 1. The Bertz CT molecular complexity index is 533. The fourth-order valence-electron chi connectivity index (χ4n) is 2.96. The maximum Gasteiger partial charge on any atom is 0.310 e. The molecule has 4 heteroatoms. The third kappa shape index (κ3) is 3.88. The van der Waals surface area contributed by atoms with E-state index in [-0.39, 0.29) is 11.7 Å². The third-order valence-electron chi connectivity index (χ3n) is 4.32. The average molecular weight is 304 g/mol. The van der Waals surface area contributed by atoms with Crippen molar-refractivity contribution in [3.8, 4) is 0 Å². The lowest BCUT2D eigenvalue weighted by Crippen LogP contribution is -2.15. The van der Waals surface area contributed by atoms with Gasteiger partial charge in [0, 0.05) is 23.0 Å². The number of carboxylic acid groups (broad SMARTS) is 1. The van der Waals surface area contributed by atoms with Crippen LogP contribution in [0.1, 0.15) is 50.0 Å². The van der Waals surface area contributed by atoms with E-state index in [1.807, 2.05) is 36.0 Å². The summed E-state index contributed by atoms with van der Waals surface area (Å²) in [6.45, 7) is 0. The highest BCUT2D eigenvalue weighted by Crippen LogP contribution is 2.40. The van der Waals surface area contributed by atoms with Gasteiger partial charge in [-0.05, 0) is 49.3 Å². The molecule has 2 saturated carbocycles. The topological polar surface area (TPSA) is 54.4 Å². The van der Waals surface area contributed by atoms with Gasteiger partial charge in [-0.25, -0.2) is 0 Å². The van der Waals surface area contributed by atoms with Crippen LogP contribution >= 0.6 is 11.8 Å². The molecular weight excluding hydrogens is 284 g/mol. The van der Waals surface area contributed by atoms with E-state index in [0.29, 0.717) is 19.3 Å². The number of ketones is 1. The molecule has 2 aliphatic rings. The molecule has 1 aromatic rings. The van der Waals surface area contributed by atoms with Crippen LogP contribution in [-0.4, -0.2) is 22.1 Å². The molecule has 21 heavy (non-hydrogen) atoms. The normalized spacial score (nSPS) is 23.2. The van der Waals surface area contributed by atoms with Crippen LogP contribution in [0.5, 0.6) is 0 Å². The smallest absolute Gasteiger partial charge is 0.310 e. The molecular formula is C17H20O3S. The zero-order chi connectivity index (χ0) is 14.8. The molecule has 0 amide bonds. The molecule has 2 fully saturated rings. The number of rotatable bonds is 6. The van der Waals surface area contributed by atoms with Gasteiger partial charge in [0.2, 0.25) is 0 Å². The van der Waals surface area contributed by atoms with E-state index >= 15 is 0 Å².